The van der Waals surface area contributed by atoms with Gasteiger partial charge in [0, 0.05) is 24.0 Å². The van der Waals surface area contributed by atoms with Crippen molar-refractivity contribution < 1.29 is 4.79 Å². The van der Waals surface area contributed by atoms with E-state index >= 15 is 0 Å². The van der Waals surface area contributed by atoms with Crippen LogP contribution in [0.15, 0.2) is 12.1 Å². The Morgan fingerprint density at radius 1 is 1.30 bits per heavy atom. The Morgan fingerprint density at radius 2 is 2.04 bits per heavy atom. The molecular weight excluding hydrogens is 358 g/mol. The number of aromatic nitrogens is 2. The van der Waals surface area contributed by atoms with Crippen LogP contribution < -0.4 is 10.2 Å². The zero-order chi connectivity index (χ0) is 19.4. The molecule has 27 heavy (non-hydrogen) atoms. The molecule has 2 aromatic heterocycles. The number of carbonyl (C=O) groups is 1. The Balaban J connectivity index is 1.67. The third kappa shape index (κ3) is 4.11. The fourth-order valence-corrected chi connectivity index (χ4v) is 4.32. The number of amides is 1. The first-order chi connectivity index (χ1) is 13.1. The molecule has 0 bridgehead atoms. The molecule has 3 rings (SSSR count). The first-order valence-corrected chi connectivity index (χ1v) is 10.3. The van der Waals surface area contributed by atoms with E-state index in [0.717, 1.165) is 59.8 Å². The fraction of sp³-hybridized carbons (Fsp3) is 0.500. The molecule has 1 saturated heterocycles. The molecule has 6 nitrogen and oxygen atoms in total. The molecule has 1 N–H and O–H groups in total. The Hall–Kier alpha value is -2.46. The van der Waals surface area contributed by atoms with Crippen molar-refractivity contribution in [2.75, 3.05) is 18.0 Å². The standard InChI is InChI=1S/C20H25N5OS/c1-4-15-16(12-21)19(24-23-17(15)5-2)25-10-8-14(9-11-25)22-20(26)18-7-6-13(3)27-18/h6-7,14H,4-5,8-11H2,1-3H3,(H,22,26). The van der Waals surface area contributed by atoms with E-state index in [2.05, 4.69) is 33.4 Å². The summed E-state index contributed by atoms with van der Waals surface area (Å²) in [6.07, 6.45) is 3.22. The maximum atomic E-state index is 12.4. The molecule has 0 aromatic carbocycles. The van der Waals surface area contributed by atoms with E-state index in [-0.39, 0.29) is 11.9 Å². The first-order valence-electron chi connectivity index (χ1n) is 9.48. The number of carbonyl (C=O) groups excluding carboxylic acids is 1. The lowest BCUT2D eigenvalue weighted by Crippen LogP contribution is -2.45. The van der Waals surface area contributed by atoms with Gasteiger partial charge in [-0.3, -0.25) is 4.79 Å². The molecule has 3 heterocycles. The van der Waals surface area contributed by atoms with E-state index < -0.39 is 0 Å². The summed E-state index contributed by atoms with van der Waals surface area (Å²) in [5.41, 5.74) is 2.57. The topological polar surface area (TPSA) is 81.9 Å². The van der Waals surface area contributed by atoms with Crippen molar-refractivity contribution >= 4 is 23.1 Å². The van der Waals surface area contributed by atoms with Crippen LogP contribution in [-0.4, -0.2) is 35.2 Å². The summed E-state index contributed by atoms with van der Waals surface area (Å²) in [4.78, 5) is 16.4. The average Bonchev–Trinajstić information content (AvgIpc) is 3.13. The van der Waals surface area contributed by atoms with Crippen LogP contribution in [0.3, 0.4) is 0 Å². The normalized spacial score (nSPS) is 14.8. The minimum absolute atomic E-state index is 0.00428. The van der Waals surface area contributed by atoms with Crippen LogP contribution in [0.4, 0.5) is 5.82 Å². The molecule has 0 spiro atoms. The van der Waals surface area contributed by atoms with E-state index in [1.165, 1.54) is 11.3 Å². The van der Waals surface area contributed by atoms with Crippen LogP contribution in [0.5, 0.6) is 0 Å². The van der Waals surface area contributed by atoms with Gasteiger partial charge in [0.05, 0.1) is 10.6 Å². The summed E-state index contributed by atoms with van der Waals surface area (Å²) in [5, 5.41) is 21.5. The highest BCUT2D eigenvalue weighted by Gasteiger charge is 2.25. The van der Waals surface area contributed by atoms with Crippen LogP contribution in [0, 0.1) is 18.3 Å². The van der Waals surface area contributed by atoms with E-state index in [1.807, 2.05) is 26.0 Å². The summed E-state index contributed by atoms with van der Waals surface area (Å²) in [6.45, 7) is 7.60. The second-order valence-corrected chi connectivity index (χ2v) is 8.08. The highest BCUT2D eigenvalue weighted by Crippen LogP contribution is 2.26. The number of anilines is 1. The van der Waals surface area contributed by atoms with Gasteiger partial charge in [0.2, 0.25) is 0 Å². The fourth-order valence-electron chi connectivity index (χ4n) is 3.55. The summed E-state index contributed by atoms with van der Waals surface area (Å²) >= 11 is 1.52. The van der Waals surface area contributed by atoms with Gasteiger partial charge in [0.1, 0.15) is 11.6 Å². The number of aryl methyl sites for hydroxylation is 2. The largest absolute Gasteiger partial charge is 0.354 e. The zero-order valence-electron chi connectivity index (χ0n) is 16.1. The van der Waals surface area contributed by atoms with Gasteiger partial charge in [-0.2, -0.15) is 10.4 Å². The minimum atomic E-state index is 0.00428. The molecular formula is C20H25N5OS. The van der Waals surface area contributed by atoms with Crippen molar-refractivity contribution in [1.29, 1.82) is 5.26 Å². The van der Waals surface area contributed by atoms with Gasteiger partial charge in [-0.15, -0.1) is 16.4 Å². The van der Waals surface area contributed by atoms with Gasteiger partial charge in [-0.25, -0.2) is 0 Å². The van der Waals surface area contributed by atoms with Gasteiger partial charge in [-0.05, 0) is 50.3 Å². The second kappa shape index (κ2) is 8.49. The smallest absolute Gasteiger partial charge is 0.261 e. The molecule has 142 valence electrons. The second-order valence-electron chi connectivity index (χ2n) is 6.79. The molecule has 2 aromatic rings. The predicted molar refractivity (Wildman–Crippen MR) is 107 cm³/mol. The number of hydrogen-bond acceptors (Lipinski definition) is 6. The Kier molecular flexibility index (Phi) is 6.07. The maximum absolute atomic E-state index is 12.4. The van der Waals surface area contributed by atoms with Gasteiger partial charge in [-0.1, -0.05) is 13.8 Å². The van der Waals surface area contributed by atoms with Gasteiger partial charge in [0.15, 0.2) is 5.82 Å². The highest BCUT2D eigenvalue weighted by molar-refractivity contribution is 7.13. The average molecular weight is 384 g/mol. The Bertz CT molecular complexity index is 862. The van der Waals surface area contributed by atoms with Crippen LogP contribution >= 0.6 is 11.3 Å². The zero-order valence-corrected chi connectivity index (χ0v) is 16.9. The first kappa shape index (κ1) is 19.3. The van der Waals surface area contributed by atoms with Crippen LogP contribution in [0.2, 0.25) is 0 Å². The number of nitrogens with one attached hydrogen (secondary N) is 1. The number of piperidine rings is 1. The number of hydrogen-bond donors (Lipinski definition) is 1. The number of thiophene rings is 1. The van der Waals surface area contributed by atoms with Gasteiger partial charge < -0.3 is 10.2 Å². The third-order valence-corrected chi connectivity index (χ3v) is 6.03. The predicted octanol–water partition coefficient (Wildman–Crippen LogP) is 3.24. The van der Waals surface area contributed by atoms with Crippen molar-refractivity contribution in [1.82, 2.24) is 15.5 Å². The summed E-state index contributed by atoms with van der Waals surface area (Å²) in [7, 11) is 0. The van der Waals surface area contributed by atoms with Crippen molar-refractivity contribution in [2.45, 2.75) is 52.5 Å². The summed E-state index contributed by atoms with van der Waals surface area (Å²) in [6, 6.07) is 6.33. The Morgan fingerprint density at radius 3 is 2.59 bits per heavy atom. The van der Waals surface area contributed by atoms with Gasteiger partial charge in [0.25, 0.3) is 5.91 Å². The molecule has 7 heteroatoms. The summed E-state index contributed by atoms with van der Waals surface area (Å²) in [5.74, 6) is 0.690. The van der Waals surface area contributed by atoms with Crippen molar-refractivity contribution in [3.05, 3.63) is 38.7 Å². The third-order valence-electron chi connectivity index (χ3n) is 5.03. The van der Waals surface area contributed by atoms with Crippen LogP contribution in [0.1, 0.15) is 58.1 Å². The van der Waals surface area contributed by atoms with Gasteiger partial charge >= 0.3 is 0 Å². The lowest BCUT2D eigenvalue weighted by molar-refractivity contribution is 0.0935. The SMILES string of the molecule is CCc1nnc(N2CCC(NC(=O)c3ccc(C)s3)CC2)c(C#N)c1CC. The molecule has 1 aliphatic rings. The van der Waals surface area contributed by atoms with E-state index in [4.69, 9.17) is 0 Å². The molecule has 0 unspecified atom stereocenters. The van der Waals surface area contributed by atoms with Crippen molar-refractivity contribution in [3.8, 4) is 6.07 Å². The van der Waals surface area contributed by atoms with Crippen molar-refractivity contribution in [2.24, 2.45) is 0 Å². The lowest BCUT2D eigenvalue weighted by Gasteiger charge is -2.33. The van der Waals surface area contributed by atoms with Crippen LogP contribution in [-0.2, 0) is 12.8 Å². The minimum Gasteiger partial charge on any atom is -0.354 e. The number of rotatable bonds is 5. The van der Waals surface area contributed by atoms with E-state index in [0.29, 0.717) is 11.4 Å². The highest BCUT2D eigenvalue weighted by atomic mass is 32.1. The maximum Gasteiger partial charge on any atom is 0.261 e. The molecule has 1 aliphatic heterocycles. The summed E-state index contributed by atoms with van der Waals surface area (Å²) < 4.78 is 0. The Labute approximate surface area is 164 Å². The molecule has 0 atom stereocenters. The molecule has 0 radical (unpaired) electrons. The van der Waals surface area contributed by atoms with Crippen molar-refractivity contribution in [3.63, 3.8) is 0 Å². The molecule has 1 amide bonds. The number of nitrogens with zero attached hydrogens (tertiary/aromatic N) is 4. The molecule has 0 aliphatic carbocycles. The van der Waals surface area contributed by atoms with E-state index in [1.54, 1.807) is 0 Å². The lowest BCUT2D eigenvalue weighted by atomic mass is 10.0. The monoisotopic (exact) mass is 383 g/mol. The van der Waals surface area contributed by atoms with E-state index in [9.17, 15) is 10.1 Å². The quantitative estimate of drug-likeness (QED) is 0.857. The molecule has 1 fully saturated rings. The molecule has 0 saturated carbocycles. The number of nitriles is 1. The van der Waals surface area contributed by atoms with Crippen LogP contribution in [0.25, 0.3) is 0 Å².